The second kappa shape index (κ2) is 2.67. The number of thioether (sulfide) groups is 1. The largest absolute Gasteiger partial charge is 0.303 e. The maximum Gasteiger partial charge on any atom is 0.0673 e. The van der Waals surface area contributed by atoms with Gasteiger partial charge in [-0.25, -0.2) is 0 Å². The van der Waals surface area contributed by atoms with Crippen LogP contribution in [0.25, 0.3) is 0 Å². The van der Waals surface area contributed by atoms with Crippen LogP contribution in [-0.4, -0.2) is 16.7 Å². The summed E-state index contributed by atoms with van der Waals surface area (Å²) in [5.74, 6) is 0.898. The molecule has 3 atom stereocenters. The number of hydrogen-bond donors (Lipinski definition) is 1. The zero-order valence-corrected chi connectivity index (χ0v) is 8.21. The van der Waals surface area contributed by atoms with E-state index < -0.39 is 0 Å². The predicted molar refractivity (Wildman–Crippen MR) is 50.8 cm³/mol. The fourth-order valence-electron chi connectivity index (χ4n) is 2.08. The van der Waals surface area contributed by atoms with Crippen LogP contribution in [0.15, 0.2) is 0 Å². The topological polar surface area (TPSA) is 12.0 Å². The van der Waals surface area contributed by atoms with Crippen LogP contribution in [0.5, 0.6) is 0 Å². The standard InChI is InChI=1S/C9H17NS/c1-7-3-5-9(7)10-6-4-8(2)11-9/h7-8,10H,3-6H2,1-2H3. The van der Waals surface area contributed by atoms with Gasteiger partial charge in [0.15, 0.2) is 0 Å². The molecule has 0 radical (unpaired) electrons. The summed E-state index contributed by atoms with van der Waals surface area (Å²) in [6.07, 6.45) is 4.16. The lowest BCUT2D eigenvalue weighted by atomic mass is 9.80. The molecule has 0 bridgehead atoms. The number of hydrogen-bond acceptors (Lipinski definition) is 2. The highest BCUT2D eigenvalue weighted by Crippen LogP contribution is 2.50. The van der Waals surface area contributed by atoms with Gasteiger partial charge in [0.05, 0.1) is 4.87 Å². The molecular weight excluding hydrogens is 154 g/mol. The van der Waals surface area contributed by atoms with Crippen LogP contribution >= 0.6 is 11.8 Å². The first-order valence-corrected chi connectivity index (χ1v) is 5.54. The first-order valence-electron chi connectivity index (χ1n) is 4.66. The van der Waals surface area contributed by atoms with E-state index in [-0.39, 0.29) is 0 Å². The van der Waals surface area contributed by atoms with E-state index in [0.29, 0.717) is 4.87 Å². The van der Waals surface area contributed by atoms with Gasteiger partial charge in [-0.2, -0.15) is 0 Å². The van der Waals surface area contributed by atoms with Gasteiger partial charge in [0.1, 0.15) is 0 Å². The lowest BCUT2D eigenvalue weighted by molar-refractivity contribution is 0.186. The SMILES string of the molecule is CC1CCNC2(CCC2C)S1. The van der Waals surface area contributed by atoms with Gasteiger partial charge in [-0.3, -0.25) is 0 Å². The van der Waals surface area contributed by atoms with Crippen molar-refractivity contribution in [3.63, 3.8) is 0 Å². The molecule has 1 N–H and O–H groups in total. The quantitative estimate of drug-likeness (QED) is 0.600. The summed E-state index contributed by atoms with van der Waals surface area (Å²) in [4.78, 5) is 0.498. The number of nitrogens with one attached hydrogen (secondary N) is 1. The van der Waals surface area contributed by atoms with Crippen molar-refractivity contribution in [1.82, 2.24) is 5.32 Å². The summed E-state index contributed by atoms with van der Waals surface area (Å²) >= 11 is 2.17. The van der Waals surface area contributed by atoms with E-state index in [9.17, 15) is 0 Å². The Balaban J connectivity index is 2.01. The average Bonchev–Trinajstić information content (AvgIpc) is 2.02. The molecule has 0 aromatic heterocycles. The van der Waals surface area contributed by atoms with Crippen LogP contribution in [0, 0.1) is 5.92 Å². The molecule has 2 rings (SSSR count). The van der Waals surface area contributed by atoms with Crippen molar-refractivity contribution in [2.45, 2.75) is 43.2 Å². The first kappa shape index (κ1) is 7.93. The van der Waals surface area contributed by atoms with Crippen LogP contribution in [0.4, 0.5) is 0 Å². The van der Waals surface area contributed by atoms with Gasteiger partial charge in [0, 0.05) is 5.25 Å². The lowest BCUT2D eigenvalue weighted by Gasteiger charge is -2.52. The monoisotopic (exact) mass is 171 g/mol. The zero-order valence-electron chi connectivity index (χ0n) is 7.39. The maximum absolute atomic E-state index is 3.68. The van der Waals surface area contributed by atoms with E-state index in [1.165, 1.54) is 25.8 Å². The molecule has 1 aliphatic heterocycles. The molecule has 1 spiro atoms. The summed E-state index contributed by atoms with van der Waals surface area (Å²) in [6, 6.07) is 0. The highest BCUT2D eigenvalue weighted by molar-refractivity contribution is 8.01. The molecule has 1 saturated carbocycles. The predicted octanol–water partition coefficient (Wildman–Crippen LogP) is 2.23. The summed E-state index contributed by atoms with van der Waals surface area (Å²) in [5.41, 5.74) is 0. The van der Waals surface area contributed by atoms with Crippen molar-refractivity contribution in [1.29, 1.82) is 0 Å². The van der Waals surface area contributed by atoms with Gasteiger partial charge in [0.25, 0.3) is 0 Å². The van der Waals surface area contributed by atoms with Crippen molar-refractivity contribution in [3.05, 3.63) is 0 Å². The molecule has 2 fully saturated rings. The molecule has 2 aliphatic rings. The molecule has 2 heteroatoms. The molecule has 64 valence electrons. The van der Waals surface area contributed by atoms with Crippen LogP contribution in [0.1, 0.15) is 33.1 Å². The Labute approximate surface area is 73.3 Å². The Bertz CT molecular complexity index is 160. The third kappa shape index (κ3) is 1.20. The van der Waals surface area contributed by atoms with E-state index in [2.05, 4.69) is 30.9 Å². The number of rotatable bonds is 0. The van der Waals surface area contributed by atoms with Crippen molar-refractivity contribution < 1.29 is 0 Å². The van der Waals surface area contributed by atoms with Crippen LogP contribution in [-0.2, 0) is 0 Å². The summed E-state index contributed by atoms with van der Waals surface area (Å²) < 4.78 is 0. The van der Waals surface area contributed by atoms with Crippen LogP contribution in [0.3, 0.4) is 0 Å². The highest BCUT2D eigenvalue weighted by atomic mass is 32.2. The van der Waals surface area contributed by atoms with E-state index in [1.54, 1.807) is 0 Å². The second-order valence-corrected chi connectivity index (χ2v) is 5.74. The Hall–Kier alpha value is 0.310. The molecule has 0 amide bonds. The van der Waals surface area contributed by atoms with Crippen molar-refractivity contribution in [2.75, 3.05) is 6.54 Å². The Morgan fingerprint density at radius 1 is 1.36 bits per heavy atom. The van der Waals surface area contributed by atoms with E-state index in [1.807, 2.05) is 0 Å². The van der Waals surface area contributed by atoms with Crippen molar-refractivity contribution in [2.24, 2.45) is 5.92 Å². The van der Waals surface area contributed by atoms with Gasteiger partial charge in [-0.1, -0.05) is 13.8 Å². The average molecular weight is 171 g/mol. The molecule has 1 saturated heterocycles. The summed E-state index contributed by atoms with van der Waals surface area (Å²) in [7, 11) is 0. The van der Waals surface area contributed by atoms with Gasteiger partial charge in [-0.05, 0) is 31.7 Å². The maximum atomic E-state index is 3.68. The minimum atomic E-state index is 0.498. The van der Waals surface area contributed by atoms with Crippen LogP contribution < -0.4 is 5.32 Å². The molecule has 1 heterocycles. The van der Waals surface area contributed by atoms with Gasteiger partial charge >= 0.3 is 0 Å². The zero-order chi connectivity index (χ0) is 7.90. The molecule has 11 heavy (non-hydrogen) atoms. The van der Waals surface area contributed by atoms with E-state index >= 15 is 0 Å². The first-order chi connectivity index (χ1) is 5.23. The minimum absolute atomic E-state index is 0.498. The van der Waals surface area contributed by atoms with E-state index in [0.717, 1.165) is 11.2 Å². The van der Waals surface area contributed by atoms with Crippen LogP contribution in [0.2, 0.25) is 0 Å². The smallest absolute Gasteiger partial charge is 0.0673 e. The third-order valence-corrected chi connectivity index (χ3v) is 4.94. The summed E-state index contributed by atoms with van der Waals surface area (Å²) in [5, 5.41) is 4.55. The lowest BCUT2D eigenvalue weighted by Crippen LogP contribution is -2.58. The van der Waals surface area contributed by atoms with Gasteiger partial charge < -0.3 is 5.32 Å². The second-order valence-electron chi connectivity index (χ2n) is 3.97. The highest BCUT2D eigenvalue weighted by Gasteiger charge is 2.46. The van der Waals surface area contributed by atoms with Gasteiger partial charge in [-0.15, -0.1) is 11.8 Å². The van der Waals surface area contributed by atoms with Crippen molar-refractivity contribution in [3.8, 4) is 0 Å². The molecule has 1 aliphatic carbocycles. The molecule has 0 aromatic carbocycles. The summed E-state index contributed by atoms with van der Waals surface area (Å²) in [6.45, 7) is 5.97. The molecule has 0 aromatic rings. The third-order valence-electron chi connectivity index (χ3n) is 3.13. The fourth-order valence-corrected chi connectivity index (χ4v) is 3.80. The normalized spacial score (nSPS) is 50.7. The Kier molecular flexibility index (Phi) is 1.92. The molecule has 1 nitrogen and oxygen atoms in total. The molecule has 3 unspecified atom stereocenters. The minimum Gasteiger partial charge on any atom is -0.303 e. The van der Waals surface area contributed by atoms with E-state index in [4.69, 9.17) is 0 Å². The fraction of sp³-hybridized carbons (Fsp3) is 1.00. The van der Waals surface area contributed by atoms with Crippen molar-refractivity contribution >= 4 is 11.8 Å². The Morgan fingerprint density at radius 3 is 2.55 bits per heavy atom. The van der Waals surface area contributed by atoms with Gasteiger partial charge in [0.2, 0.25) is 0 Å². The Morgan fingerprint density at radius 2 is 2.18 bits per heavy atom. The molecular formula is C9H17NS.